The summed E-state index contributed by atoms with van der Waals surface area (Å²) in [6.07, 6.45) is 2.07. The van der Waals surface area contributed by atoms with Crippen LogP contribution in [0.2, 0.25) is 5.02 Å². The molecular weight excluding hydrogens is 558 g/mol. The average molecular weight is 598 g/mol. The molecule has 2 atom stereocenters. The normalized spacial score (nSPS) is 13.0. The zero-order chi connectivity index (χ0) is 30.2. The molecule has 9 heteroatoms. The van der Waals surface area contributed by atoms with E-state index in [0.29, 0.717) is 10.7 Å². The summed E-state index contributed by atoms with van der Waals surface area (Å²) >= 11 is 6.10. The smallest absolute Gasteiger partial charge is 0.244 e. The van der Waals surface area contributed by atoms with E-state index in [0.717, 1.165) is 33.7 Å². The summed E-state index contributed by atoms with van der Waals surface area (Å²) in [5.41, 5.74) is 3.10. The third-order valence-electron chi connectivity index (χ3n) is 7.07. The van der Waals surface area contributed by atoms with Gasteiger partial charge in [-0.05, 0) is 60.2 Å². The van der Waals surface area contributed by atoms with E-state index in [1.807, 2.05) is 56.3 Å². The summed E-state index contributed by atoms with van der Waals surface area (Å²) in [5.74, 6) is -0.508. The van der Waals surface area contributed by atoms with Crippen molar-refractivity contribution < 1.29 is 18.0 Å². The van der Waals surface area contributed by atoms with Gasteiger partial charge in [0.1, 0.15) is 12.6 Å². The first-order valence-corrected chi connectivity index (χ1v) is 16.1. The van der Waals surface area contributed by atoms with Gasteiger partial charge in [-0.2, -0.15) is 0 Å². The predicted molar refractivity (Wildman–Crippen MR) is 167 cm³/mol. The van der Waals surface area contributed by atoms with Crippen molar-refractivity contribution in [2.75, 3.05) is 17.1 Å². The number of amides is 2. The van der Waals surface area contributed by atoms with Gasteiger partial charge in [-0.3, -0.25) is 13.9 Å². The van der Waals surface area contributed by atoms with Crippen molar-refractivity contribution in [2.24, 2.45) is 0 Å². The molecular formula is C32H40ClN3O4S. The minimum atomic E-state index is -3.82. The summed E-state index contributed by atoms with van der Waals surface area (Å²) in [6.45, 7) is 7.65. The van der Waals surface area contributed by atoms with E-state index in [9.17, 15) is 18.0 Å². The quantitative estimate of drug-likeness (QED) is 0.270. The fraction of sp³-hybridized carbons (Fsp3) is 0.375. The second-order valence-electron chi connectivity index (χ2n) is 10.7. The van der Waals surface area contributed by atoms with Crippen LogP contribution in [0, 0.1) is 0 Å². The third kappa shape index (κ3) is 9.33. The first kappa shape index (κ1) is 32.2. The first-order chi connectivity index (χ1) is 19.4. The fourth-order valence-electron chi connectivity index (χ4n) is 4.42. The highest BCUT2D eigenvalue weighted by Crippen LogP contribution is 2.23. The van der Waals surface area contributed by atoms with Crippen LogP contribution >= 0.6 is 11.6 Å². The van der Waals surface area contributed by atoms with E-state index in [2.05, 4.69) is 19.2 Å². The van der Waals surface area contributed by atoms with Gasteiger partial charge in [0.05, 0.1) is 11.9 Å². The second kappa shape index (κ2) is 14.5. The van der Waals surface area contributed by atoms with Crippen LogP contribution in [0.1, 0.15) is 56.7 Å². The molecule has 3 rings (SSSR count). The number of halogens is 1. The lowest BCUT2D eigenvalue weighted by Crippen LogP contribution is -2.54. The Hall–Kier alpha value is -3.36. The van der Waals surface area contributed by atoms with Gasteiger partial charge < -0.3 is 10.2 Å². The Morgan fingerprint density at radius 3 is 2.02 bits per heavy atom. The van der Waals surface area contributed by atoms with E-state index >= 15 is 0 Å². The van der Waals surface area contributed by atoms with Gasteiger partial charge in [-0.1, -0.05) is 87.0 Å². The van der Waals surface area contributed by atoms with Crippen LogP contribution < -0.4 is 9.62 Å². The molecule has 0 saturated carbocycles. The average Bonchev–Trinajstić information content (AvgIpc) is 2.94. The van der Waals surface area contributed by atoms with E-state index in [4.69, 9.17) is 11.6 Å². The van der Waals surface area contributed by atoms with Gasteiger partial charge in [0.15, 0.2) is 0 Å². The monoisotopic (exact) mass is 597 g/mol. The molecule has 0 bridgehead atoms. The summed E-state index contributed by atoms with van der Waals surface area (Å²) in [7, 11) is -3.82. The molecule has 0 saturated heterocycles. The Bertz CT molecular complexity index is 1400. The van der Waals surface area contributed by atoms with Crippen LogP contribution in [0.4, 0.5) is 5.69 Å². The lowest BCUT2D eigenvalue weighted by Gasteiger charge is -2.34. The highest BCUT2D eigenvalue weighted by molar-refractivity contribution is 7.92. The highest BCUT2D eigenvalue weighted by Gasteiger charge is 2.33. The van der Waals surface area contributed by atoms with Crippen molar-refractivity contribution in [3.05, 3.63) is 101 Å². The van der Waals surface area contributed by atoms with Crippen LogP contribution in [-0.4, -0.2) is 50.0 Å². The molecule has 0 aliphatic heterocycles. The van der Waals surface area contributed by atoms with Gasteiger partial charge in [-0.15, -0.1) is 0 Å². The lowest BCUT2D eigenvalue weighted by atomic mass is 10.0. The summed E-state index contributed by atoms with van der Waals surface area (Å²) in [5, 5.41) is 3.58. The Morgan fingerprint density at radius 2 is 1.49 bits per heavy atom. The molecule has 7 nitrogen and oxygen atoms in total. The largest absolute Gasteiger partial charge is 0.352 e. The number of rotatable bonds is 13. The number of nitrogens with one attached hydrogen (secondary N) is 1. The third-order valence-corrected chi connectivity index (χ3v) is 8.46. The molecule has 2 amide bonds. The zero-order valence-electron chi connectivity index (χ0n) is 24.4. The van der Waals surface area contributed by atoms with Gasteiger partial charge in [0.2, 0.25) is 21.8 Å². The summed E-state index contributed by atoms with van der Waals surface area (Å²) in [4.78, 5) is 29.3. The fourth-order valence-corrected chi connectivity index (χ4v) is 5.40. The van der Waals surface area contributed by atoms with Gasteiger partial charge in [0.25, 0.3) is 0 Å². The van der Waals surface area contributed by atoms with Crippen LogP contribution in [0.3, 0.4) is 0 Å². The van der Waals surface area contributed by atoms with E-state index in [-0.39, 0.29) is 30.8 Å². The molecule has 0 aliphatic carbocycles. The number of benzene rings is 3. The Kier molecular flexibility index (Phi) is 11.4. The van der Waals surface area contributed by atoms with Gasteiger partial charge in [-0.25, -0.2) is 8.42 Å². The molecule has 0 aromatic heterocycles. The molecule has 0 spiro atoms. The molecule has 0 aliphatic rings. The molecule has 0 unspecified atom stereocenters. The topological polar surface area (TPSA) is 86.8 Å². The zero-order valence-corrected chi connectivity index (χ0v) is 26.0. The highest BCUT2D eigenvalue weighted by atomic mass is 35.5. The van der Waals surface area contributed by atoms with Crippen molar-refractivity contribution in [1.82, 2.24) is 10.2 Å². The van der Waals surface area contributed by atoms with Crippen molar-refractivity contribution in [3.8, 4) is 0 Å². The maximum Gasteiger partial charge on any atom is 0.244 e. The van der Waals surface area contributed by atoms with E-state index in [1.54, 1.807) is 36.4 Å². The van der Waals surface area contributed by atoms with Crippen molar-refractivity contribution >= 4 is 39.1 Å². The number of anilines is 1. The number of carbonyl (C=O) groups excluding carboxylic acids is 2. The number of hydrogen-bond donors (Lipinski definition) is 1. The maximum atomic E-state index is 14.1. The molecule has 1 N–H and O–H groups in total. The molecule has 0 heterocycles. The van der Waals surface area contributed by atoms with Crippen molar-refractivity contribution in [1.29, 1.82) is 0 Å². The van der Waals surface area contributed by atoms with Crippen LogP contribution in [0.5, 0.6) is 0 Å². The number of sulfonamides is 1. The minimum absolute atomic E-state index is 0.0970. The Labute approximate surface area is 249 Å². The number of carbonyl (C=O) groups is 2. The molecule has 3 aromatic rings. The van der Waals surface area contributed by atoms with Crippen LogP contribution in [-0.2, 0) is 32.6 Å². The van der Waals surface area contributed by atoms with Crippen LogP contribution in [0.25, 0.3) is 0 Å². The maximum absolute atomic E-state index is 14.1. The van der Waals surface area contributed by atoms with Gasteiger partial charge >= 0.3 is 0 Å². The van der Waals surface area contributed by atoms with Crippen LogP contribution in [0.15, 0.2) is 78.9 Å². The van der Waals surface area contributed by atoms with E-state index < -0.39 is 28.5 Å². The molecule has 41 heavy (non-hydrogen) atoms. The van der Waals surface area contributed by atoms with E-state index in [1.165, 1.54) is 4.90 Å². The Balaban J connectivity index is 2.04. The number of nitrogens with zero attached hydrogens (tertiary/aromatic N) is 2. The van der Waals surface area contributed by atoms with Crippen molar-refractivity contribution in [2.45, 2.75) is 65.1 Å². The summed E-state index contributed by atoms with van der Waals surface area (Å²) < 4.78 is 27.0. The molecule has 0 radical (unpaired) electrons. The molecule has 220 valence electrons. The lowest BCUT2D eigenvalue weighted by molar-refractivity contribution is -0.140. The van der Waals surface area contributed by atoms with Crippen molar-refractivity contribution in [3.63, 3.8) is 0 Å². The predicted octanol–water partition coefficient (Wildman–Crippen LogP) is 5.78. The molecule has 3 aromatic carbocycles. The standard InChI is InChI=1S/C32H40ClN3O4S/c1-6-24(4)34-32(38)30(20-25-10-8-7-9-11-25)35(21-26-12-16-28(33)17-13-26)31(37)22-36(41(5,39)40)29-18-14-27(15-19-29)23(2)3/h7-19,23-24,30H,6,20-22H2,1-5H3,(H,34,38)/t24-,30+/m0/s1. The minimum Gasteiger partial charge on any atom is -0.352 e. The Morgan fingerprint density at radius 1 is 0.878 bits per heavy atom. The first-order valence-electron chi connectivity index (χ1n) is 13.8. The number of hydrogen-bond acceptors (Lipinski definition) is 4. The second-order valence-corrected chi connectivity index (χ2v) is 13.0. The van der Waals surface area contributed by atoms with Gasteiger partial charge in [0, 0.05) is 24.0 Å². The summed E-state index contributed by atoms with van der Waals surface area (Å²) in [6, 6.07) is 22.7. The SMILES string of the molecule is CC[C@H](C)NC(=O)[C@@H](Cc1ccccc1)N(Cc1ccc(Cl)cc1)C(=O)CN(c1ccc(C(C)C)cc1)S(C)(=O)=O. The molecule has 0 fully saturated rings.